The van der Waals surface area contributed by atoms with Crippen molar-refractivity contribution in [2.75, 3.05) is 12.5 Å². The maximum atomic E-state index is 9.44. The number of hydrogen-bond acceptors (Lipinski definition) is 1. The zero-order valence-electron chi connectivity index (χ0n) is 6.36. The lowest BCUT2D eigenvalue weighted by Crippen LogP contribution is -2.21. The number of rotatable bonds is 0. The summed E-state index contributed by atoms with van der Waals surface area (Å²) >= 11 is 0. The molecule has 0 atom stereocenters. The Labute approximate surface area is 53.6 Å². The molecule has 1 nitrogen and oxygen atoms in total. The summed E-state index contributed by atoms with van der Waals surface area (Å²) in [4.78, 5) is 0. The van der Waals surface area contributed by atoms with Crippen LogP contribution >= 0.6 is 10.3 Å². The monoisotopic (exact) mass is 136 g/mol. The zero-order chi connectivity index (χ0) is 7.00. The maximum Gasteiger partial charge on any atom is 0.0124 e. The van der Waals surface area contributed by atoms with Crippen LogP contribution in [0.4, 0.5) is 0 Å². The van der Waals surface area contributed by atoms with Gasteiger partial charge in [0.2, 0.25) is 0 Å². The Bertz CT molecular complexity index is 63.5. The highest BCUT2D eigenvalue weighted by Crippen LogP contribution is 2.48. The molecule has 0 aromatic rings. The van der Waals surface area contributed by atoms with Crippen molar-refractivity contribution in [3.8, 4) is 0 Å². The van der Waals surface area contributed by atoms with Gasteiger partial charge in [-0.2, -0.15) is 0 Å². The molecule has 0 aliphatic rings. The van der Waals surface area contributed by atoms with E-state index < -0.39 is 10.3 Å². The Balaban J connectivity index is 4.02. The average molecular weight is 136 g/mol. The van der Waals surface area contributed by atoms with E-state index in [1.807, 2.05) is 12.5 Å². The minimum atomic E-state index is -1.34. The van der Waals surface area contributed by atoms with E-state index in [1.165, 1.54) is 0 Å². The molecule has 0 aromatic heterocycles. The van der Waals surface area contributed by atoms with Gasteiger partial charge in [0.05, 0.1) is 0 Å². The molecule has 0 heterocycles. The average Bonchev–Trinajstić information content (AvgIpc) is 1.25. The summed E-state index contributed by atoms with van der Waals surface area (Å²) in [6.45, 7) is 6.17. The van der Waals surface area contributed by atoms with Gasteiger partial charge >= 0.3 is 0 Å². The third-order valence-corrected chi connectivity index (χ3v) is 4.50. The highest BCUT2D eigenvalue weighted by Gasteiger charge is 2.24. The molecule has 0 saturated carbocycles. The van der Waals surface area contributed by atoms with Gasteiger partial charge in [-0.1, -0.05) is 20.8 Å². The molecule has 0 aliphatic carbocycles. The molecule has 0 rings (SSSR count). The van der Waals surface area contributed by atoms with Gasteiger partial charge in [-0.25, -0.2) is 0 Å². The van der Waals surface area contributed by atoms with Gasteiger partial charge in [0.25, 0.3) is 0 Å². The summed E-state index contributed by atoms with van der Waals surface area (Å²) in [5, 5.41) is 0. The fourth-order valence-corrected chi connectivity index (χ4v) is 0. The fourth-order valence-electron chi connectivity index (χ4n) is 0. The first-order valence-electron chi connectivity index (χ1n) is 2.70. The van der Waals surface area contributed by atoms with Crippen LogP contribution in [0.3, 0.4) is 0 Å². The Kier molecular flexibility index (Phi) is 2.00. The van der Waals surface area contributed by atoms with Crippen molar-refractivity contribution in [1.29, 1.82) is 0 Å². The first-order chi connectivity index (χ1) is 3.25. The maximum absolute atomic E-state index is 9.44. The van der Waals surface area contributed by atoms with Gasteiger partial charge in [0, 0.05) is 4.75 Å². The molecular formula is C6H16OS. The predicted octanol–water partition coefficient (Wildman–Crippen LogP) is 2.32. The van der Waals surface area contributed by atoms with E-state index in [0.717, 1.165) is 0 Å². The third kappa shape index (κ3) is 2.05. The van der Waals surface area contributed by atoms with Gasteiger partial charge in [-0.15, -0.1) is 10.3 Å². The minimum Gasteiger partial charge on any atom is -0.352 e. The summed E-state index contributed by atoms with van der Waals surface area (Å²) in [5.74, 6) is 0. The summed E-state index contributed by atoms with van der Waals surface area (Å²) in [5.41, 5.74) is 0. The Hall–Kier alpha value is 0.310. The van der Waals surface area contributed by atoms with Gasteiger partial charge in [0.1, 0.15) is 0 Å². The van der Waals surface area contributed by atoms with E-state index in [1.54, 1.807) is 0 Å². The van der Waals surface area contributed by atoms with Crippen molar-refractivity contribution in [3.05, 3.63) is 0 Å². The molecule has 8 heavy (non-hydrogen) atoms. The normalized spacial score (nSPS) is 16.2. The van der Waals surface area contributed by atoms with Crippen molar-refractivity contribution in [2.24, 2.45) is 0 Å². The van der Waals surface area contributed by atoms with Crippen molar-refractivity contribution >= 4 is 10.3 Å². The van der Waals surface area contributed by atoms with Crippen LogP contribution in [0, 0.1) is 0 Å². The second kappa shape index (κ2) is 1.92. The van der Waals surface area contributed by atoms with Crippen LogP contribution in [-0.4, -0.2) is 21.8 Å². The van der Waals surface area contributed by atoms with E-state index in [2.05, 4.69) is 20.8 Å². The van der Waals surface area contributed by atoms with E-state index in [9.17, 15) is 4.55 Å². The minimum absolute atomic E-state index is 0.0764. The smallest absolute Gasteiger partial charge is 0.0124 e. The molecule has 0 aliphatic heterocycles. The quantitative estimate of drug-likeness (QED) is 0.542. The first-order valence-corrected chi connectivity index (χ1v) is 5.11. The third-order valence-electron chi connectivity index (χ3n) is 1.50. The SMILES string of the molecule is CC(C)(C)S(C)(C)O. The van der Waals surface area contributed by atoms with Gasteiger partial charge in [-0.3, -0.25) is 0 Å². The van der Waals surface area contributed by atoms with E-state index in [0.29, 0.717) is 0 Å². The molecule has 0 radical (unpaired) electrons. The van der Waals surface area contributed by atoms with Crippen molar-refractivity contribution in [3.63, 3.8) is 0 Å². The van der Waals surface area contributed by atoms with Crippen molar-refractivity contribution in [1.82, 2.24) is 0 Å². The molecule has 1 N–H and O–H groups in total. The fraction of sp³-hybridized carbons (Fsp3) is 1.00. The van der Waals surface area contributed by atoms with Crippen LogP contribution in [0.15, 0.2) is 0 Å². The van der Waals surface area contributed by atoms with E-state index >= 15 is 0 Å². The van der Waals surface area contributed by atoms with Crippen LogP contribution < -0.4 is 0 Å². The van der Waals surface area contributed by atoms with Crippen molar-refractivity contribution in [2.45, 2.75) is 25.5 Å². The van der Waals surface area contributed by atoms with Crippen molar-refractivity contribution < 1.29 is 4.55 Å². The molecule has 0 amide bonds. The Morgan fingerprint density at radius 3 is 1.25 bits per heavy atom. The van der Waals surface area contributed by atoms with Gasteiger partial charge < -0.3 is 4.55 Å². The molecule has 0 aromatic carbocycles. The highest BCUT2D eigenvalue weighted by molar-refractivity contribution is 8.29. The molecule has 0 unspecified atom stereocenters. The van der Waals surface area contributed by atoms with Crippen LogP contribution in [0.25, 0.3) is 0 Å². The largest absolute Gasteiger partial charge is 0.352 e. The highest BCUT2D eigenvalue weighted by atomic mass is 32.3. The standard InChI is InChI=1S/C6H16OS/c1-6(2,3)8(4,5)7/h7H,1-5H3. The number of hydrogen-bond donors (Lipinski definition) is 1. The van der Waals surface area contributed by atoms with Crippen LogP contribution in [0.5, 0.6) is 0 Å². The molecular weight excluding hydrogens is 120 g/mol. The lowest BCUT2D eigenvalue weighted by molar-refractivity contribution is 0.592. The molecule has 52 valence electrons. The molecule has 2 heteroatoms. The first kappa shape index (κ1) is 8.31. The van der Waals surface area contributed by atoms with Gasteiger partial charge in [0.15, 0.2) is 0 Å². The summed E-state index contributed by atoms with van der Waals surface area (Å²) in [6, 6.07) is 0. The summed E-state index contributed by atoms with van der Waals surface area (Å²) in [7, 11) is -1.34. The zero-order valence-corrected chi connectivity index (χ0v) is 7.17. The molecule has 0 saturated heterocycles. The van der Waals surface area contributed by atoms with E-state index in [4.69, 9.17) is 0 Å². The summed E-state index contributed by atoms with van der Waals surface area (Å²) < 4.78 is 9.51. The van der Waals surface area contributed by atoms with Gasteiger partial charge in [-0.05, 0) is 12.5 Å². The molecule has 0 bridgehead atoms. The molecule has 0 spiro atoms. The predicted molar refractivity (Wildman–Crippen MR) is 41.8 cm³/mol. The lowest BCUT2D eigenvalue weighted by atomic mass is 10.3. The topological polar surface area (TPSA) is 20.2 Å². The Morgan fingerprint density at radius 2 is 1.25 bits per heavy atom. The second-order valence-electron chi connectivity index (χ2n) is 3.39. The molecule has 0 fully saturated rings. The summed E-state index contributed by atoms with van der Waals surface area (Å²) in [6.07, 6.45) is 3.82. The lowest BCUT2D eigenvalue weighted by Gasteiger charge is -2.38. The Morgan fingerprint density at radius 1 is 1.12 bits per heavy atom. The van der Waals surface area contributed by atoms with Crippen LogP contribution in [0.1, 0.15) is 20.8 Å². The van der Waals surface area contributed by atoms with E-state index in [-0.39, 0.29) is 4.75 Å². The second-order valence-corrected chi connectivity index (χ2v) is 7.16. The van der Waals surface area contributed by atoms with Crippen LogP contribution in [-0.2, 0) is 0 Å². The van der Waals surface area contributed by atoms with Crippen LogP contribution in [0.2, 0.25) is 0 Å².